The lowest BCUT2D eigenvalue weighted by atomic mass is 9.94. The number of anilines is 1. The lowest BCUT2D eigenvalue weighted by molar-refractivity contribution is 0.481. The van der Waals surface area contributed by atoms with Crippen LogP contribution in [0, 0.1) is 17.8 Å². The minimum absolute atomic E-state index is 0.183. The predicted octanol–water partition coefficient (Wildman–Crippen LogP) is 5.13. The van der Waals surface area contributed by atoms with E-state index < -0.39 is 15.8 Å². The lowest BCUT2D eigenvalue weighted by Gasteiger charge is -2.15. The molecule has 0 radical (unpaired) electrons. The van der Waals surface area contributed by atoms with Crippen LogP contribution >= 0.6 is 0 Å². The Kier molecular flexibility index (Phi) is 5.37. The molecule has 4 rings (SSSR count). The standard InChI is InChI=1S/C25H18FNO3S/c1-31(29,30)27(20-12-10-19(26)11-13-20)17-16-18-6-2-3-7-21(18)23-14-15-25(28)24-9-5-4-8-22(23)24/h2-15,28H,1H3. The van der Waals surface area contributed by atoms with Crippen molar-refractivity contribution in [3.8, 4) is 28.8 Å². The molecule has 1 N–H and O–H groups in total. The van der Waals surface area contributed by atoms with E-state index in [1.54, 1.807) is 12.1 Å². The summed E-state index contributed by atoms with van der Waals surface area (Å²) in [5, 5.41) is 11.8. The van der Waals surface area contributed by atoms with Gasteiger partial charge in [-0.2, -0.15) is 4.31 Å². The van der Waals surface area contributed by atoms with E-state index in [2.05, 4.69) is 12.0 Å². The Morgan fingerprint density at radius 1 is 0.806 bits per heavy atom. The molecule has 0 heterocycles. The zero-order valence-electron chi connectivity index (χ0n) is 16.6. The third-order valence-electron chi connectivity index (χ3n) is 4.80. The Bertz CT molecular complexity index is 1440. The third kappa shape index (κ3) is 4.23. The van der Waals surface area contributed by atoms with E-state index in [4.69, 9.17) is 0 Å². The van der Waals surface area contributed by atoms with Crippen molar-refractivity contribution in [2.75, 3.05) is 10.6 Å². The van der Waals surface area contributed by atoms with Gasteiger partial charge in [-0.05, 0) is 58.8 Å². The summed E-state index contributed by atoms with van der Waals surface area (Å²) >= 11 is 0. The van der Waals surface area contributed by atoms with E-state index in [1.165, 1.54) is 24.3 Å². The van der Waals surface area contributed by atoms with Crippen molar-refractivity contribution in [2.24, 2.45) is 0 Å². The molecule has 0 amide bonds. The minimum atomic E-state index is -3.71. The average molecular weight is 431 g/mol. The van der Waals surface area contributed by atoms with Crippen LogP contribution in [0.4, 0.5) is 10.1 Å². The van der Waals surface area contributed by atoms with Crippen molar-refractivity contribution < 1.29 is 17.9 Å². The van der Waals surface area contributed by atoms with Gasteiger partial charge in [0.05, 0.1) is 11.9 Å². The minimum Gasteiger partial charge on any atom is -0.507 e. The molecule has 0 aliphatic rings. The van der Waals surface area contributed by atoms with Crippen molar-refractivity contribution in [2.45, 2.75) is 0 Å². The molecule has 0 aromatic heterocycles. The Morgan fingerprint density at radius 3 is 2.16 bits per heavy atom. The van der Waals surface area contributed by atoms with E-state index in [0.29, 0.717) is 10.9 Å². The predicted molar refractivity (Wildman–Crippen MR) is 122 cm³/mol. The molecule has 6 heteroatoms. The number of rotatable bonds is 3. The molecule has 154 valence electrons. The lowest BCUT2D eigenvalue weighted by Crippen LogP contribution is -2.24. The van der Waals surface area contributed by atoms with Crippen LogP contribution in [-0.2, 0) is 10.0 Å². The maximum atomic E-state index is 13.3. The first-order valence-corrected chi connectivity index (χ1v) is 11.3. The molecule has 0 saturated carbocycles. The summed E-state index contributed by atoms with van der Waals surface area (Å²) in [5.74, 6) is 2.67. The van der Waals surface area contributed by atoms with Gasteiger partial charge < -0.3 is 5.11 Å². The van der Waals surface area contributed by atoms with E-state index in [9.17, 15) is 17.9 Å². The second-order valence-electron chi connectivity index (χ2n) is 6.96. The molecule has 0 aliphatic carbocycles. The SMILES string of the molecule is CS(=O)(=O)N(C#Cc1ccccc1-c1ccc(O)c2ccccc12)c1ccc(F)cc1. The molecule has 4 aromatic rings. The highest BCUT2D eigenvalue weighted by molar-refractivity contribution is 7.92. The van der Waals surface area contributed by atoms with Crippen molar-refractivity contribution in [1.82, 2.24) is 0 Å². The quantitative estimate of drug-likeness (QED) is 0.362. The fourth-order valence-corrected chi connectivity index (χ4v) is 4.09. The molecule has 0 aliphatic heterocycles. The molecule has 4 nitrogen and oxygen atoms in total. The fraction of sp³-hybridized carbons (Fsp3) is 0.0400. The van der Waals surface area contributed by atoms with Crippen LogP contribution in [0.15, 0.2) is 84.9 Å². The molecule has 0 bridgehead atoms. The van der Waals surface area contributed by atoms with Crippen molar-refractivity contribution in [3.63, 3.8) is 0 Å². The Balaban J connectivity index is 1.85. The van der Waals surface area contributed by atoms with Gasteiger partial charge in [-0.1, -0.05) is 48.5 Å². The average Bonchev–Trinajstić information content (AvgIpc) is 2.75. The van der Waals surface area contributed by atoms with Crippen LogP contribution in [0.25, 0.3) is 21.9 Å². The highest BCUT2D eigenvalue weighted by Gasteiger charge is 2.16. The van der Waals surface area contributed by atoms with Gasteiger partial charge in [0.25, 0.3) is 0 Å². The molecular formula is C25H18FNO3S. The molecule has 0 saturated heterocycles. The summed E-state index contributed by atoms with van der Waals surface area (Å²) in [6, 6.07) is 26.1. The molecule has 31 heavy (non-hydrogen) atoms. The van der Waals surface area contributed by atoms with Gasteiger partial charge in [-0.25, -0.2) is 12.8 Å². The molecule has 0 fully saturated rings. The van der Waals surface area contributed by atoms with E-state index >= 15 is 0 Å². The Hall–Kier alpha value is -3.82. The Labute approximate surface area is 180 Å². The smallest absolute Gasteiger partial charge is 0.243 e. The van der Waals surface area contributed by atoms with E-state index in [1.807, 2.05) is 48.5 Å². The maximum absolute atomic E-state index is 13.3. The second kappa shape index (κ2) is 8.13. The monoisotopic (exact) mass is 431 g/mol. The summed E-state index contributed by atoms with van der Waals surface area (Å²) in [5.41, 5.74) is 2.54. The first-order chi connectivity index (χ1) is 14.8. The number of hydrogen-bond acceptors (Lipinski definition) is 3. The van der Waals surface area contributed by atoms with E-state index in [0.717, 1.165) is 27.1 Å². The molecular weight excluding hydrogens is 413 g/mol. The van der Waals surface area contributed by atoms with Crippen LogP contribution in [0.5, 0.6) is 5.75 Å². The highest BCUT2D eigenvalue weighted by Crippen LogP contribution is 2.35. The van der Waals surface area contributed by atoms with Gasteiger partial charge in [0.2, 0.25) is 10.0 Å². The number of halogens is 1. The summed E-state index contributed by atoms with van der Waals surface area (Å²) in [7, 11) is -3.71. The first-order valence-electron chi connectivity index (χ1n) is 9.42. The zero-order chi connectivity index (χ0) is 22.0. The van der Waals surface area contributed by atoms with Gasteiger partial charge in [0.1, 0.15) is 11.6 Å². The van der Waals surface area contributed by atoms with Crippen LogP contribution in [0.3, 0.4) is 0 Å². The summed E-state index contributed by atoms with van der Waals surface area (Å²) in [4.78, 5) is 0. The number of hydrogen-bond donors (Lipinski definition) is 1. The van der Waals surface area contributed by atoms with Crippen molar-refractivity contribution in [1.29, 1.82) is 0 Å². The van der Waals surface area contributed by atoms with Crippen LogP contribution in [0.2, 0.25) is 0 Å². The van der Waals surface area contributed by atoms with Crippen molar-refractivity contribution >= 4 is 26.5 Å². The number of fused-ring (bicyclic) bond motifs is 1. The van der Waals surface area contributed by atoms with Gasteiger partial charge >= 0.3 is 0 Å². The largest absolute Gasteiger partial charge is 0.507 e. The van der Waals surface area contributed by atoms with Crippen LogP contribution in [0.1, 0.15) is 5.56 Å². The first kappa shape index (κ1) is 20.5. The second-order valence-corrected chi connectivity index (χ2v) is 8.80. The van der Waals surface area contributed by atoms with Gasteiger partial charge in [0.15, 0.2) is 0 Å². The highest BCUT2D eigenvalue weighted by atomic mass is 32.2. The zero-order valence-corrected chi connectivity index (χ0v) is 17.4. The number of nitrogens with zero attached hydrogens (tertiary/aromatic N) is 1. The molecule has 0 atom stereocenters. The number of phenolic OH excluding ortho intramolecular Hbond substituents is 1. The maximum Gasteiger partial charge on any atom is 0.243 e. The van der Waals surface area contributed by atoms with Gasteiger partial charge in [-0.3, -0.25) is 0 Å². The molecule has 4 aromatic carbocycles. The fourth-order valence-electron chi connectivity index (χ4n) is 3.37. The number of aromatic hydroxyl groups is 1. The van der Waals surface area contributed by atoms with Crippen LogP contribution < -0.4 is 4.31 Å². The third-order valence-corrected chi connectivity index (χ3v) is 5.77. The topological polar surface area (TPSA) is 57.6 Å². The van der Waals surface area contributed by atoms with Gasteiger partial charge in [-0.15, -0.1) is 0 Å². The van der Waals surface area contributed by atoms with Crippen molar-refractivity contribution in [3.05, 3.63) is 96.3 Å². The molecule has 0 spiro atoms. The molecule has 0 unspecified atom stereocenters. The van der Waals surface area contributed by atoms with Crippen LogP contribution in [-0.4, -0.2) is 19.8 Å². The summed E-state index contributed by atoms with van der Waals surface area (Å²) in [6.45, 7) is 0. The Morgan fingerprint density at radius 2 is 1.45 bits per heavy atom. The number of sulfonamides is 1. The number of benzene rings is 4. The summed E-state index contributed by atoms with van der Waals surface area (Å²) < 4.78 is 38.8. The normalized spacial score (nSPS) is 11.0. The van der Waals surface area contributed by atoms with Gasteiger partial charge in [0, 0.05) is 17.0 Å². The summed E-state index contributed by atoms with van der Waals surface area (Å²) in [6.07, 6.45) is 1.05. The number of phenols is 1. The van der Waals surface area contributed by atoms with E-state index in [-0.39, 0.29) is 11.4 Å².